The van der Waals surface area contributed by atoms with Crippen LogP contribution in [-0.4, -0.2) is 26.4 Å². The maximum absolute atomic E-state index is 13.5. The van der Waals surface area contributed by atoms with Crippen molar-refractivity contribution in [3.05, 3.63) is 83.2 Å². The van der Waals surface area contributed by atoms with Crippen molar-refractivity contribution in [2.45, 2.75) is 0 Å². The molecule has 0 radical (unpaired) electrons. The zero-order chi connectivity index (χ0) is 21.3. The van der Waals surface area contributed by atoms with Crippen molar-refractivity contribution in [1.82, 2.24) is 14.5 Å². The number of fused-ring (bicyclic) bond motifs is 1. The Morgan fingerprint density at radius 3 is 2.57 bits per heavy atom. The van der Waals surface area contributed by atoms with Crippen LogP contribution < -0.4 is 5.32 Å². The Balaban J connectivity index is 1.88. The highest BCUT2D eigenvalue weighted by Gasteiger charge is 2.21. The Morgan fingerprint density at radius 2 is 1.87 bits per heavy atom. The molecular formula is C20H12ClFN4O3S. The Morgan fingerprint density at radius 1 is 1.13 bits per heavy atom. The summed E-state index contributed by atoms with van der Waals surface area (Å²) in [7, 11) is 0. The van der Waals surface area contributed by atoms with Crippen molar-refractivity contribution < 1.29 is 18.2 Å². The summed E-state index contributed by atoms with van der Waals surface area (Å²) in [6, 6.07) is 13.8. The molecule has 0 aliphatic rings. The first-order chi connectivity index (χ1) is 14.5. The largest absolute Gasteiger partial charge is 0.389 e. The molecule has 0 aliphatic carbocycles. The Kier molecular flexibility index (Phi) is 5.39. The molecule has 4 aromatic rings. The average Bonchev–Trinajstić information content (AvgIpc) is 3.14. The van der Waals surface area contributed by atoms with Crippen LogP contribution >= 0.6 is 24.5 Å². The van der Waals surface area contributed by atoms with Crippen LogP contribution in [0, 0.1) is 5.82 Å². The minimum Gasteiger partial charge on any atom is -0.389 e. The fourth-order valence-corrected chi connectivity index (χ4v) is 3.16. The van der Waals surface area contributed by atoms with Crippen LogP contribution in [0.1, 0.15) is 21.1 Å². The van der Waals surface area contributed by atoms with Gasteiger partial charge in [-0.2, -0.15) is 0 Å². The lowest BCUT2D eigenvalue weighted by Crippen LogP contribution is -2.17. The van der Waals surface area contributed by atoms with Crippen LogP contribution in [0.15, 0.2) is 60.8 Å². The summed E-state index contributed by atoms with van der Waals surface area (Å²) in [5.74, 6) is -2.01. The topological polar surface area (TPSA) is 86.1 Å². The summed E-state index contributed by atoms with van der Waals surface area (Å²) < 4.78 is 19.3. The maximum atomic E-state index is 13.5. The summed E-state index contributed by atoms with van der Waals surface area (Å²) in [6.07, 6.45) is 1.38. The molecule has 7 nitrogen and oxygen atoms in total. The normalized spacial score (nSPS) is 10.8. The van der Waals surface area contributed by atoms with Gasteiger partial charge >= 0.3 is 5.97 Å². The summed E-state index contributed by atoms with van der Waals surface area (Å²) in [5, 5.41) is 3.59. The van der Waals surface area contributed by atoms with Crippen LogP contribution in [0.4, 0.5) is 10.1 Å². The molecule has 0 unspecified atom stereocenters. The lowest BCUT2D eigenvalue weighted by molar-refractivity contribution is 0.0760. The molecule has 2 aromatic heterocycles. The smallest absolute Gasteiger partial charge is 0.388 e. The van der Waals surface area contributed by atoms with Gasteiger partial charge in [0.05, 0.1) is 10.7 Å². The number of para-hydroxylation sites is 1. The van der Waals surface area contributed by atoms with Crippen molar-refractivity contribution in [2.24, 2.45) is 0 Å². The molecule has 0 spiro atoms. The average molecular weight is 443 g/mol. The summed E-state index contributed by atoms with van der Waals surface area (Å²) >= 11 is 9.61. The number of hydrogen-bond acceptors (Lipinski definition) is 6. The fraction of sp³-hybridized carbons (Fsp3) is 0. The first kappa shape index (κ1) is 19.9. The minimum atomic E-state index is -0.853. The molecule has 2 aromatic carbocycles. The molecule has 1 N–H and O–H groups in total. The highest BCUT2D eigenvalue weighted by Crippen LogP contribution is 2.26. The van der Waals surface area contributed by atoms with E-state index in [2.05, 4.69) is 32.4 Å². The number of carbonyl (C=O) groups excluding carboxylic acids is 2. The number of rotatable bonds is 4. The molecule has 0 saturated heterocycles. The van der Waals surface area contributed by atoms with E-state index >= 15 is 0 Å². The van der Waals surface area contributed by atoms with Gasteiger partial charge in [-0.1, -0.05) is 23.7 Å². The summed E-state index contributed by atoms with van der Waals surface area (Å²) in [5.41, 5.74) is 1.32. The Labute approximate surface area is 180 Å². The van der Waals surface area contributed by atoms with E-state index in [1.807, 2.05) is 0 Å². The van der Waals surface area contributed by atoms with Gasteiger partial charge in [0.25, 0.3) is 5.91 Å². The molecular weight excluding hydrogens is 431 g/mol. The quantitative estimate of drug-likeness (QED) is 0.360. The lowest BCUT2D eigenvalue weighted by Gasteiger charge is -2.11. The van der Waals surface area contributed by atoms with E-state index in [0.717, 1.165) is 0 Å². The molecule has 0 saturated carbocycles. The molecule has 30 heavy (non-hydrogen) atoms. The number of nitrogens with one attached hydrogen (secondary N) is 1. The highest BCUT2D eigenvalue weighted by atomic mass is 35.5. The van der Waals surface area contributed by atoms with Crippen LogP contribution in [0.25, 0.3) is 16.7 Å². The molecule has 0 fully saturated rings. The second kappa shape index (κ2) is 8.13. The van der Waals surface area contributed by atoms with E-state index < -0.39 is 17.7 Å². The van der Waals surface area contributed by atoms with Crippen molar-refractivity contribution in [2.75, 3.05) is 5.32 Å². The van der Waals surface area contributed by atoms with Gasteiger partial charge in [-0.05, 0) is 42.5 Å². The minimum absolute atomic E-state index is 0.183. The first-order valence-electron chi connectivity index (χ1n) is 8.54. The second-order valence-corrected chi connectivity index (χ2v) is 6.72. The first-order valence-corrected chi connectivity index (χ1v) is 9.28. The standard InChI is InChI=1S/C20H12ClFN4O3S/c21-14-3-1-2-4-15(14)24-19(27)16-9-11-10-23-17(20(28)29-30)25-18(11)26(16)13-7-5-12(22)6-8-13/h1-10,30H,(H,24,27). The molecule has 0 bridgehead atoms. The number of hydrogen-bond donors (Lipinski definition) is 2. The Bertz CT molecular complexity index is 1280. The number of thiol groups is 1. The predicted molar refractivity (Wildman–Crippen MR) is 113 cm³/mol. The second-order valence-electron chi connectivity index (χ2n) is 6.13. The number of halogens is 2. The van der Waals surface area contributed by atoms with Crippen molar-refractivity contribution in [3.8, 4) is 5.69 Å². The zero-order valence-electron chi connectivity index (χ0n) is 15.0. The molecule has 0 aliphatic heterocycles. The van der Waals surface area contributed by atoms with E-state index in [0.29, 0.717) is 21.8 Å². The predicted octanol–water partition coefficient (Wildman–Crippen LogP) is 4.47. The third kappa shape index (κ3) is 3.72. The molecule has 4 rings (SSSR count). The van der Waals surface area contributed by atoms with Crippen LogP contribution in [-0.2, 0) is 4.18 Å². The van der Waals surface area contributed by atoms with Crippen LogP contribution in [0.2, 0.25) is 5.02 Å². The van der Waals surface area contributed by atoms with E-state index in [4.69, 9.17) is 11.6 Å². The Hall–Kier alpha value is -3.43. The van der Waals surface area contributed by atoms with Crippen molar-refractivity contribution >= 4 is 53.1 Å². The van der Waals surface area contributed by atoms with Gasteiger partial charge in [0, 0.05) is 30.2 Å². The number of amides is 1. The van der Waals surface area contributed by atoms with Gasteiger partial charge in [0.15, 0.2) is 0 Å². The van der Waals surface area contributed by atoms with Gasteiger partial charge in [-0.15, -0.1) is 0 Å². The van der Waals surface area contributed by atoms with E-state index in [1.165, 1.54) is 35.0 Å². The van der Waals surface area contributed by atoms with E-state index in [1.54, 1.807) is 30.3 Å². The van der Waals surface area contributed by atoms with Gasteiger partial charge in [0.2, 0.25) is 5.82 Å². The third-order valence-electron chi connectivity index (χ3n) is 4.25. The molecule has 10 heteroatoms. The number of nitrogens with zero attached hydrogens (tertiary/aromatic N) is 3. The fourth-order valence-electron chi connectivity index (χ4n) is 2.90. The third-order valence-corrected chi connectivity index (χ3v) is 4.74. The number of benzene rings is 2. The van der Waals surface area contributed by atoms with Crippen molar-refractivity contribution in [1.29, 1.82) is 0 Å². The van der Waals surface area contributed by atoms with Gasteiger partial charge in [-0.3, -0.25) is 9.36 Å². The molecule has 2 heterocycles. The SMILES string of the molecule is O=C(OS)c1ncc2cc(C(=O)Nc3ccccc3Cl)n(-c3ccc(F)cc3)c2n1. The number of carbonyl (C=O) groups is 2. The monoisotopic (exact) mass is 442 g/mol. The zero-order valence-corrected chi connectivity index (χ0v) is 16.7. The highest BCUT2D eigenvalue weighted by molar-refractivity contribution is 7.75. The van der Waals surface area contributed by atoms with E-state index in [9.17, 15) is 14.0 Å². The number of aromatic nitrogens is 3. The van der Waals surface area contributed by atoms with Gasteiger partial charge in [0.1, 0.15) is 17.2 Å². The summed E-state index contributed by atoms with van der Waals surface area (Å²) in [6.45, 7) is 0. The van der Waals surface area contributed by atoms with E-state index in [-0.39, 0.29) is 17.2 Å². The van der Waals surface area contributed by atoms with Crippen LogP contribution in [0.5, 0.6) is 0 Å². The van der Waals surface area contributed by atoms with Gasteiger partial charge < -0.3 is 9.50 Å². The van der Waals surface area contributed by atoms with Crippen molar-refractivity contribution in [3.63, 3.8) is 0 Å². The van der Waals surface area contributed by atoms with Crippen LogP contribution in [0.3, 0.4) is 0 Å². The van der Waals surface area contributed by atoms with Gasteiger partial charge in [-0.25, -0.2) is 19.2 Å². The number of anilines is 1. The lowest BCUT2D eigenvalue weighted by atomic mass is 10.2. The summed E-state index contributed by atoms with van der Waals surface area (Å²) in [4.78, 5) is 33.0. The molecule has 150 valence electrons. The molecule has 1 amide bonds. The molecule has 0 atom stereocenters. The maximum Gasteiger partial charge on any atom is 0.388 e.